The van der Waals surface area contributed by atoms with E-state index < -0.39 is 0 Å². The molecule has 0 saturated carbocycles. The summed E-state index contributed by atoms with van der Waals surface area (Å²) < 4.78 is 10.9. The first-order valence-electron chi connectivity index (χ1n) is 7.10. The highest BCUT2D eigenvalue weighted by atomic mass is 16.5. The summed E-state index contributed by atoms with van der Waals surface area (Å²) in [6.45, 7) is 9.32. The van der Waals surface area contributed by atoms with E-state index in [1.165, 1.54) is 0 Å². The number of hydrogen-bond acceptors (Lipinski definition) is 4. The van der Waals surface area contributed by atoms with E-state index in [1.54, 1.807) is 7.11 Å². The van der Waals surface area contributed by atoms with Crippen LogP contribution in [0.1, 0.15) is 45.1 Å². The number of rotatable bonds is 10. The summed E-state index contributed by atoms with van der Waals surface area (Å²) in [5.41, 5.74) is 0.802. The number of methoxy groups -OCH3 is 1. The van der Waals surface area contributed by atoms with Gasteiger partial charge in [0.1, 0.15) is 11.4 Å². The predicted octanol–water partition coefficient (Wildman–Crippen LogP) is 2.20. The van der Waals surface area contributed by atoms with Crippen LogP contribution in [0.4, 0.5) is 0 Å². The highest BCUT2D eigenvalue weighted by Gasteiger charge is 2.31. The molecule has 1 aromatic heterocycles. The Morgan fingerprint density at radius 3 is 2.63 bits per heavy atom. The molecule has 0 spiro atoms. The van der Waals surface area contributed by atoms with Gasteiger partial charge in [-0.1, -0.05) is 13.8 Å². The van der Waals surface area contributed by atoms with E-state index in [0.29, 0.717) is 13.2 Å². The summed E-state index contributed by atoms with van der Waals surface area (Å²) in [5.74, 6) is 0.933. The second-order valence-electron chi connectivity index (χ2n) is 4.56. The SMILES string of the molecule is CCOC(CC)(CC)c1ncc(CNCCOC)[nH]1. The van der Waals surface area contributed by atoms with Crippen molar-refractivity contribution in [1.29, 1.82) is 0 Å². The maximum Gasteiger partial charge on any atom is 0.138 e. The smallest absolute Gasteiger partial charge is 0.138 e. The summed E-state index contributed by atoms with van der Waals surface area (Å²) in [6, 6.07) is 0. The van der Waals surface area contributed by atoms with E-state index in [2.05, 4.69) is 29.1 Å². The second-order valence-corrected chi connectivity index (χ2v) is 4.56. The maximum absolute atomic E-state index is 5.94. The first-order chi connectivity index (χ1) is 9.22. The fourth-order valence-corrected chi connectivity index (χ4v) is 2.21. The summed E-state index contributed by atoms with van der Waals surface area (Å²) in [7, 11) is 1.70. The summed E-state index contributed by atoms with van der Waals surface area (Å²) >= 11 is 0. The third-order valence-corrected chi connectivity index (χ3v) is 3.42. The topological polar surface area (TPSA) is 59.2 Å². The lowest BCUT2D eigenvalue weighted by molar-refractivity contribution is -0.0566. The van der Waals surface area contributed by atoms with Crippen molar-refractivity contribution in [3.63, 3.8) is 0 Å². The number of imidazole rings is 1. The Bertz CT molecular complexity index is 348. The number of nitrogens with one attached hydrogen (secondary N) is 2. The number of nitrogens with zero attached hydrogens (tertiary/aromatic N) is 1. The average molecular weight is 269 g/mol. The third-order valence-electron chi connectivity index (χ3n) is 3.42. The van der Waals surface area contributed by atoms with Crippen molar-refractivity contribution >= 4 is 0 Å². The Balaban J connectivity index is 2.65. The quantitative estimate of drug-likeness (QED) is 0.639. The van der Waals surface area contributed by atoms with Crippen LogP contribution >= 0.6 is 0 Å². The molecule has 0 bridgehead atoms. The molecule has 19 heavy (non-hydrogen) atoms. The lowest BCUT2D eigenvalue weighted by Crippen LogP contribution is -2.30. The standard InChI is InChI=1S/C14H27N3O2/c1-5-14(6-2,19-7-3)13-16-11-12(17-13)10-15-8-9-18-4/h11,15H,5-10H2,1-4H3,(H,16,17). The molecule has 5 heteroatoms. The van der Waals surface area contributed by atoms with Crippen LogP contribution in [0.3, 0.4) is 0 Å². The number of ether oxygens (including phenoxy) is 2. The van der Waals surface area contributed by atoms with Crippen LogP contribution in [0.2, 0.25) is 0 Å². The Labute approximate surface area is 116 Å². The van der Waals surface area contributed by atoms with Gasteiger partial charge in [-0.05, 0) is 19.8 Å². The summed E-state index contributed by atoms with van der Waals surface area (Å²) in [5, 5.41) is 3.30. The van der Waals surface area contributed by atoms with Crippen molar-refractivity contribution in [3.05, 3.63) is 17.7 Å². The van der Waals surface area contributed by atoms with Crippen LogP contribution in [0.5, 0.6) is 0 Å². The molecule has 0 aliphatic heterocycles. The van der Waals surface area contributed by atoms with E-state index in [-0.39, 0.29) is 5.60 Å². The van der Waals surface area contributed by atoms with Crippen LogP contribution in [0.25, 0.3) is 0 Å². The zero-order valence-corrected chi connectivity index (χ0v) is 12.6. The molecule has 0 radical (unpaired) electrons. The maximum atomic E-state index is 5.94. The predicted molar refractivity (Wildman–Crippen MR) is 76.1 cm³/mol. The van der Waals surface area contributed by atoms with Gasteiger partial charge in [0.25, 0.3) is 0 Å². The Morgan fingerprint density at radius 2 is 2.05 bits per heavy atom. The summed E-state index contributed by atoms with van der Waals surface area (Å²) in [6.07, 6.45) is 3.72. The average Bonchev–Trinajstić information content (AvgIpc) is 2.90. The minimum absolute atomic E-state index is 0.278. The molecule has 1 rings (SSSR count). The van der Waals surface area contributed by atoms with Crippen molar-refractivity contribution in [2.24, 2.45) is 0 Å². The molecule has 5 nitrogen and oxygen atoms in total. The fraction of sp³-hybridized carbons (Fsp3) is 0.786. The Hall–Kier alpha value is -0.910. The van der Waals surface area contributed by atoms with Crippen LogP contribution in [-0.4, -0.2) is 36.8 Å². The van der Waals surface area contributed by atoms with Gasteiger partial charge in [0.15, 0.2) is 0 Å². The van der Waals surface area contributed by atoms with Gasteiger partial charge in [0, 0.05) is 38.7 Å². The first kappa shape index (κ1) is 16.1. The van der Waals surface area contributed by atoms with Gasteiger partial charge in [-0.25, -0.2) is 4.98 Å². The van der Waals surface area contributed by atoms with Crippen LogP contribution in [0.15, 0.2) is 6.20 Å². The molecular weight excluding hydrogens is 242 g/mol. The minimum Gasteiger partial charge on any atom is -0.383 e. The van der Waals surface area contributed by atoms with Gasteiger partial charge in [0.05, 0.1) is 6.61 Å². The van der Waals surface area contributed by atoms with Crippen molar-refractivity contribution in [2.75, 3.05) is 26.9 Å². The molecule has 110 valence electrons. The van der Waals surface area contributed by atoms with Gasteiger partial charge in [0.2, 0.25) is 0 Å². The molecule has 0 unspecified atom stereocenters. The van der Waals surface area contributed by atoms with Gasteiger partial charge in [-0.2, -0.15) is 0 Å². The largest absolute Gasteiger partial charge is 0.383 e. The molecule has 1 heterocycles. The molecule has 2 N–H and O–H groups in total. The van der Waals surface area contributed by atoms with Crippen LogP contribution < -0.4 is 5.32 Å². The number of H-pyrrole nitrogens is 1. The number of aromatic nitrogens is 2. The fourth-order valence-electron chi connectivity index (χ4n) is 2.21. The van der Waals surface area contributed by atoms with Crippen LogP contribution in [0, 0.1) is 0 Å². The van der Waals surface area contributed by atoms with E-state index in [9.17, 15) is 0 Å². The molecule has 0 amide bonds. The van der Waals surface area contributed by atoms with E-state index in [4.69, 9.17) is 9.47 Å². The van der Waals surface area contributed by atoms with Crippen LogP contribution in [-0.2, 0) is 21.6 Å². The highest BCUT2D eigenvalue weighted by molar-refractivity contribution is 5.08. The lowest BCUT2D eigenvalue weighted by atomic mass is 9.96. The number of hydrogen-bond donors (Lipinski definition) is 2. The van der Waals surface area contributed by atoms with E-state index >= 15 is 0 Å². The first-order valence-corrected chi connectivity index (χ1v) is 7.10. The Kier molecular flexibility index (Phi) is 7.05. The summed E-state index contributed by atoms with van der Waals surface area (Å²) in [4.78, 5) is 7.87. The lowest BCUT2D eigenvalue weighted by Gasteiger charge is -2.29. The molecule has 0 aliphatic rings. The Morgan fingerprint density at radius 1 is 1.32 bits per heavy atom. The highest BCUT2D eigenvalue weighted by Crippen LogP contribution is 2.30. The molecule has 0 saturated heterocycles. The van der Waals surface area contributed by atoms with Crippen molar-refractivity contribution in [1.82, 2.24) is 15.3 Å². The van der Waals surface area contributed by atoms with Crippen molar-refractivity contribution in [3.8, 4) is 0 Å². The van der Waals surface area contributed by atoms with Gasteiger partial charge in [-0.15, -0.1) is 0 Å². The molecular formula is C14H27N3O2. The monoisotopic (exact) mass is 269 g/mol. The minimum atomic E-state index is -0.278. The third kappa shape index (κ3) is 4.30. The molecule has 0 atom stereocenters. The zero-order valence-electron chi connectivity index (χ0n) is 12.6. The van der Waals surface area contributed by atoms with Crippen molar-refractivity contribution in [2.45, 2.75) is 45.8 Å². The van der Waals surface area contributed by atoms with Gasteiger partial charge in [-0.3, -0.25) is 0 Å². The molecule has 1 aromatic rings. The van der Waals surface area contributed by atoms with E-state index in [1.807, 2.05) is 13.1 Å². The second kappa shape index (κ2) is 8.30. The van der Waals surface area contributed by atoms with Crippen molar-refractivity contribution < 1.29 is 9.47 Å². The van der Waals surface area contributed by atoms with E-state index in [0.717, 1.165) is 37.4 Å². The molecule has 0 aliphatic carbocycles. The zero-order chi connectivity index (χ0) is 14.1. The molecule has 0 fully saturated rings. The normalized spacial score (nSPS) is 12.0. The van der Waals surface area contributed by atoms with Gasteiger partial charge >= 0.3 is 0 Å². The number of aromatic amines is 1. The molecule has 0 aromatic carbocycles. The van der Waals surface area contributed by atoms with Gasteiger partial charge < -0.3 is 19.8 Å².